The van der Waals surface area contributed by atoms with E-state index in [1.54, 1.807) is 18.2 Å². The van der Waals surface area contributed by atoms with Gasteiger partial charge in [0, 0.05) is 12.1 Å². The van der Waals surface area contributed by atoms with Crippen LogP contribution in [0.3, 0.4) is 0 Å². The SMILES string of the molecule is CCCNCc1cc(Br)c(OCc2ccccc2F)c(OCC)c1.Cl. The van der Waals surface area contributed by atoms with Crippen LogP contribution in [0.2, 0.25) is 0 Å². The standard InChI is InChI=1S/C19H23BrFNO2.ClH/c1-3-9-22-12-14-10-16(20)19(18(11-14)23-4-2)24-13-15-7-5-6-8-17(15)21;/h5-8,10-11,22H,3-4,9,12-13H2,1-2H3;1H. The van der Waals surface area contributed by atoms with Crippen LogP contribution in [0.25, 0.3) is 0 Å². The van der Waals surface area contributed by atoms with E-state index >= 15 is 0 Å². The summed E-state index contributed by atoms with van der Waals surface area (Å²) in [4.78, 5) is 0. The van der Waals surface area contributed by atoms with E-state index in [0.717, 1.165) is 29.5 Å². The van der Waals surface area contributed by atoms with Gasteiger partial charge in [-0.25, -0.2) is 4.39 Å². The Morgan fingerprint density at radius 1 is 1.12 bits per heavy atom. The van der Waals surface area contributed by atoms with Crippen molar-refractivity contribution in [2.75, 3.05) is 13.2 Å². The van der Waals surface area contributed by atoms with Crippen LogP contribution in [0.5, 0.6) is 11.5 Å². The third-order valence-electron chi connectivity index (χ3n) is 3.45. The Morgan fingerprint density at radius 3 is 2.56 bits per heavy atom. The molecule has 0 saturated carbocycles. The molecule has 0 atom stereocenters. The average Bonchev–Trinajstić information content (AvgIpc) is 2.56. The first kappa shape index (κ1) is 21.7. The van der Waals surface area contributed by atoms with Gasteiger partial charge in [-0.15, -0.1) is 12.4 Å². The zero-order chi connectivity index (χ0) is 17.4. The highest BCUT2D eigenvalue weighted by molar-refractivity contribution is 9.10. The molecule has 2 rings (SSSR count). The van der Waals surface area contributed by atoms with Crippen LogP contribution in [-0.2, 0) is 13.2 Å². The molecule has 138 valence electrons. The number of hydrogen-bond donors (Lipinski definition) is 1. The molecule has 0 aliphatic rings. The Labute approximate surface area is 163 Å². The van der Waals surface area contributed by atoms with Crippen LogP contribution < -0.4 is 14.8 Å². The molecular formula is C19H24BrClFNO2. The van der Waals surface area contributed by atoms with Crippen LogP contribution in [0.1, 0.15) is 31.4 Å². The first-order valence-corrected chi connectivity index (χ1v) is 8.97. The summed E-state index contributed by atoms with van der Waals surface area (Å²) in [7, 11) is 0. The number of halogens is 3. The molecule has 2 aromatic rings. The van der Waals surface area contributed by atoms with E-state index in [4.69, 9.17) is 9.47 Å². The molecule has 0 unspecified atom stereocenters. The number of nitrogens with one attached hydrogen (secondary N) is 1. The van der Waals surface area contributed by atoms with Gasteiger partial charge in [-0.1, -0.05) is 25.1 Å². The molecule has 2 aromatic carbocycles. The Bertz CT molecular complexity index is 670. The predicted octanol–water partition coefficient (Wildman–Crippen LogP) is 5.49. The van der Waals surface area contributed by atoms with Gasteiger partial charge in [0.2, 0.25) is 0 Å². The first-order chi connectivity index (χ1) is 11.7. The quantitative estimate of drug-likeness (QED) is 0.532. The smallest absolute Gasteiger partial charge is 0.175 e. The fourth-order valence-electron chi connectivity index (χ4n) is 2.30. The molecule has 0 bridgehead atoms. The number of hydrogen-bond acceptors (Lipinski definition) is 3. The molecule has 0 saturated heterocycles. The fourth-order valence-corrected chi connectivity index (χ4v) is 2.91. The van der Waals surface area contributed by atoms with Gasteiger partial charge in [0.15, 0.2) is 11.5 Å². The van der Waals surface area contributed by atoms with Gasteiger partial charge < -0.3 is 14.8 Å². The van der Waals surface area contributed by atoms with Crippen molar-refractivity contribution in [3.63, 3.8) is 0 Å². The summed E-state index contributed by atoms with van der Waals surface area (Å²) in [6, 6.07) is 10.6. The molecule has 25 heavy (non-hydrogen) atoms. The van der Waals surface area contributed by atoms with E-state index in [0.29, 0.717) is 23.7 Å². The predicted molar refractivity (Wildman–Crippen MR) is 105 cm³/mol. The van der Waals surface area contributed by atoms with Crippen LogP contribution >= 0.6 is 28.3 Å². The summed E-state index contributed by atoms with van der Waals surface area (Å²) in [5.74, 6) is 0.989. The minimum Gasteiger partial charge on any atom is -0.490 e. The second-order valence-corrected chi connectivity index (χ2v) is 6.25. The van der Waals surface area contributed by atoms with Gasteiger partial charge in [0.1, 0.15) is 12.4 Å². The van der Waals surface area contributed by atoms with Gasteiger partial charge >= 0.3 is 0 Å². The molecule has 0 aliphatic heterocycles. The van der Waals surface area contributed by atoms with E-state index in [1.165, 1.54) is 6.07 Å². The van der Waals surface area contributed by atoms with Gasteiger partial charge in [-0.3, -0.25) is 0 Å². The van der Waals surface area contributed by atoms with Crippen molar-refractivity contribution >= 4 is 28.3 Å². The summed E-state index contributed by atoms with van der Waals surface area (Å²) in [6.07, 6.45) is 1.09. The monoisotopic (exact) mass is 431 g/mol. The molecule has 0 fully saturated rings. The van der Waals surface area contributed by atoms with E-state index in [1.807, 2.05) is 19.1 Å². The summed E-state index contributed by atoms with van der Waals surface area (Å²) in [5, 5.41) is 3.37. The van der Waals surface area contributed by atoms with E-state index in [2.05, 4.69) is 28.2 Å². The third-order valence-corrected chi connectivity index (χ3v) is 4.04. The van der Waals surface area contributed by atoms with Crippen molar-refractivity contribution in [2.24, 2.45) is 0 Å². The topological polar surface area (TPSA) is 30.5 Å². The van der Waals surface area contributed by atoms with E-state index in [-0.39, 0.29) is 24.8 Å². The number of rotatable bonds is 9. The van der Waals surface area contributed by atoms with Crippen molar-refractivity contribution in [3.05, 3.63) is 57.8 Å². The van der Waals surface area contributed by atoms with Crippen molar-refractivity contribution in [1.29, 1.82) is 0 Å². The highest BCUT2D eigenvalue weighted by Gasteiger charge is 2.13. The minimum absolute atomic E-state index is 0. The van der Waals surface area contributed by atoms with Crippen molar-refractivity contribution in [1.82, 2.24) is 5.32 Å². The summed E-state index contributed by atoms with van der Waals surface area (Å²) in [6.45, 7) is 6.48. The number of ether oxygens (including phenoxy) is 2. The molecule has 0 amide bonds. The van der Waals surface area contributed by atoms with Crippen molar-refractivity contribution in [2.45, 2.75) is 33.4 Å². The van der Waals surface area contributed by atoms with E-state index < -0.39 is 0 Å². The average molecular weight is 433 g/mol. The zero-order valence-corrected chi connectivity index (χ0v) is 16.9. The van der Waals surface area contributed by atoms with Crippen molar-refractivity contribution < 1.29 is 13.9 Å². The molecular weight excluding hydrogens is 409 g/mol. The second kappa shape index (κ2) is 11.3. The maximum Gasteiger partial charge on any atom is 0.175 e. The van der Waals surface area contributed by atoms with E-state index in [9.17, 15) is 4.39 Å². The van der Waals surface area contributed by atoms with Crippen molar-refractivity contribution in [3.8, 4) is 11.5 Å². The maximum absolute atomic E-state index is 13.7. The first-order valence-electron chi connectivity index (χ1n) is 8.17. The Hall–Kier alpha value is -1.30. The summed E-state index contributed by atoms with van der Waals surface area (Å²) in [5.41, 5.74) is 1.62. The lowest BCUT2D eigenvalue weighted by molar-refractivity contribution is 0.264. The molecule has 0 radical (unpaired) electrons. The molecule has 0 spiro atoms. The highest BCUT2D eigenvalue weighted by Crippen LogP contribution is 2.37. The maximum atomic E-state index is 13.7. The highest BCUT2D eigenvalue weighted by atomic mass is 79.9. The molecule has 1 N–H and O–H groups in total. The number of benzene rings is 2. The minimum atomic E-state index is -0.271. The summed E-state index contributed by atoms with van der Waals surface area (Å²) >= 11 is 3.54. The molecule has 6 heteroatoms. The van der Waals surface area contributed by atoms with Crippen LogP contribution in [0.15, 0.2) is 40.9 Å². The van der Waals surface area contributed by atoms with Gasteiger partial charge in [0.25, 0.3) is 0 Å². The molecule has 0 aromatic heterocycles. The van der Waals surface area contributed by atoms with Gasteiger partial charge in [-0.05, 0) is 59.6 Å². The largest absolute Gasteiger partial charge is 0.490 e. The Balaban J connectivity index is 0.00000312. The normalized spacial score (nSPS) is 10.2. The summed E-state index contributed by atoms with van der Waals surface area (Å²) < 4.78 is 26.1. The Morgan fingerprint density at radius 2 is 1.88 bits per heavy atom. The van der Waals surface area contributed by atoms with Crippen LogP contribution in [0.4, 0.5) is 4.39 Å². The third kappa shape index (κ3) is 6.49. The van der Waals surface area contributed by atoms with Gasteiger partial charge in [0.05, 0.1) is 11.1 Å². The van der Waals surface area contributed by atoms with Gasteiger partial charge in [-0.2, -0.15) is 0 Å². The van der Waals surface area contributed by atoms with Crippen LogP contribution in [0, 0.1) is 5.82 Å². The van der Waals surface area contributed by atoms with Crippen LogP contribution in [-0.4, -0.2) is 13.2 Å². The zero-order valence-electron chi connectivity index (χ0n) is 14.5. The Kier molecular flexibility index (Phi) is 9.86. The lowest BCUT2D eigenvalue weighted by atomic mass is 10.2. The molecule has 3 nitrogen and oxygen atoms in total. The molecule has 0 heterocycles. The fraction of sp³-hybridized carbons (Fsp3) is 0.368. The second-order valence-electron chi connectivity index (χ2n) is 5.39. The lowest BCUT2D eigenvalue weighted by Crippen LogP contribution is -2.14. The molecule has 0 aliphatic carbocycles. The lowest BCUT2D eigenvalue weighted by Gasteiger charge is -2.16.